The summed E-state index contributed by atoms with van der Waals surface area (Å²) < 4.78 is 6.81. The van der Waals surface area contributed by atoms with Crippen molar-refractivity contribution >= 4 is 0 Å². The van der Waals surface area contributed by atoms with Crippen LogP contribution >= 0.6 is 0 Å². The number of hydrogen-bond acceptors (Lipinski definition) is 3. The Morgan fingerprint density at radius 3 is 2.32 bits per heavy atom. The lowest BCUT2D eigenvalue weighted by molar-refractivity contribution is 0.193. The molecule has 2 aliphatic carbocycles. The van der Waals surface area contributed by atoms with Gasteiger partial charge in [-0.1, -0.05) is 62.7 Å². The molecule has 0 spiro atoms. The van der Waals surface area contributed by atoms with Crippen LogP contribution in [0.1, 0.15) is 98.3 Å². The highest BCUT2D eigenvalue weighted by Crippen LogP contribution is 2.38. The molecule has 1 fully saturated rings. The molecule has 1 saturated carbocycles. The third-order valence-electron chi connectivity index (χ3n) is 8.67. The van der Waals surface area contributed by atoms with E-state index in [1.165, 1.54) is 71.9 Å². The van der Waals surface area contributed by atoms with E-state index < -0.39 is 0 Å². The zero-order valence-corrected chi connectivity index (χ0v) is 23.4. The number of nitrogens with zero attached hydrogens (tertiary/aromatic N) is 2. The molecule has 0 aliphatic heterocycles. The van der Waals surface area contributed by atoms with E-state index in [4.69, 9.17) is 9.72 Å². The van der Waals surface area contributed by atoms with Crippen molar-refractivity contribution in [3.05, 3.63) is 82.0 Å². The van der Waals surface area contributed by atoms with Crippen LogP contribution in [0.5, 0.6) is 5.75 Å². The Balaban J connectivity index is 1.53. The average molecular weight is 497 g/mol. The lowest BCUT2D eigenvalue weighted by atomic mass is 9.93. The molecule has 1 aromatic heterocycles. The van der Waals surface area contributed by atoms with Crippen LogP contribution in [-0.4, -0.2) is 23.0 Å². The van der Waals surface area contributed by atoms with Gasteiger partial charge < -0.3 is 4.74 Å². The van der Waals surface area contributed by atoms with E-state index in [0.29, 0.717) is 12.1 Å². The predicted molar refractivity (Wildman–Crippen MR) is 154 cm³/mol. The quantitative estimate of drug-likeness (QED) is 0.293. The van der Waals surface area contributed by atoms with Crippen LogP contribution in [0.3, 0.4) is 0 Å². The van der Waals surface area contributed by atoms with Crippen molar-refractivity contribution in [2.75, 3.05) is 7.05 Å². The highest BCUT2D eigenvalue weighted by atomic mass is 16.5. The largest absolute Gasteiger partial charge is 0.490 e. The smallest absolute Gasteiger partial charge is 0.128 e. The molecular formula is C34H44N2O. The Bertz CT molecular complexity index is 1190. The summed E-state index contributed by atoms with van der Waals surface area (Å²) in [4.78, 5) is 7.80. The Labute approximate surface area is 224 Å². The number of aryl methyl sites for hydroxylation is 4. The molecule has 3 aromatic rings. The van der Waals surface area contributed by atoms with Gasteiger partial charge in [-0.15, -0.1) is 0 Å². The van der Waals surface area contributed by atoms with Gasteiger partial charge in [-0.25, -0.2) is 0 Å². The van der Waals surface area contributed by atoms with Gasteiger partial charge in [0.25, 0.3) is 0 Å². The first-order chi connectivity index (χ1) is 18.1. The molecule has 37 heavy (non-hydrogen) atoms. The van der Waals surface area contributed by atoms with Crippen molar-refractivity contribution in [3.63, 3.8) is 0 Å². The molecule has 0 radical (unpaired) electrons. The molecule has 1 atom stereocenters. The molecule has 2 aromatic carbocycles. The summed E-state index contributed by atoms with van der Waals surface area (Å²) in [5, 5.41) is 0. The Kier molecular flexibility index (Phi) is 8.30. The maximum Gasteiger partial charge on any atom is 0.128 e. The fourth-order valence-corrected chi connectivity index (χ4v) is 6.57. The Morgan fingerprint density at radius 1 is 0.892 bits per heavy atom. The van der Waals surface area contributed by atoms with Gasteiger partial charge in [-0.2, -0.15) is 0 Å². The van der Waals surface area contributed by atoms with E-state index in [1.807, 2.05) is 0 Å². The van der Waals surface area contributed by atoms with E-state index in [9.17, 15) is 0 Å². The monoisotopic (exact) mass is 496 g/mol. The third-order valence-corrected chi connectivity index (χ3v) is 8.67. The highest BCUT2D eigenvalue weighted by Gasteiger charge is 2.26. The first-order valence-corrected chi connectivity index (χ1v) is 14.6. The molecule has 5 rings (SSSR count). The second kappa shape index (κ2) is 11.8. The number of hydrogen-bond donors (Lipinski definition) is 0. The van der Waals surface area contributed by atoms with Crippen LogP contribution in [-0.2, 0) is 25.8 Å². The zero-order valence-electron chi connectivity index (χ0n) is 23.4. The maximum atomic E-state index is 6.81. The zero-order chi connectivity index (χ0) is 25.8. The molecule has 196 valence electrons. The maximum absolute atomic E-state index is 6.81. The van der Waals surface area contributed by atoms with Gasteiger partial charge in [0.1, 0.15) is 5.75 Å². The van der Waals surface area contributed by atoms with Crippen molar-refractivity contribution in [1.29, 1.82) is 0 Å². The molecule has 0 amide bonds. The average Bonchev–Trinajstić information content (AvgIpc) is 3.33. The molecule has 0 bridgehead atoms. The topological polar surface area (TPSA) is 25.4 Å². The molecule has 1 unspecified atom stereocenters. The number of ether oxygens (including phenoxy) is 1. The fraction of sp³-hybridized carbons (Fsp3) is 0.500. The first kappa shape index (κ1) is 26.0. The Morgan fingerprint density at radius 2 is 1.59 bits per heavy atom. The molecule has 0 N–H and O–H groups in total. The molecule has 1 heterocycles. The minimum absolute atomic E-state index is 0.323. The Hall–Kier alpha value is -2.65. The predicted octanol–water partition coefficient (Wildman–Crippen LogP) is 8.40. The van der Waals surface area contributed by atoms with Gasteiger partial charge in [0.05, 0.1) is 11.8 Å². The summed E-state index contributed by atoms with van der Waals surface area (Å²) in [5.74, 6) is 1.05. The van der Waals surface area contributed by atoms with Crippen LogP contribution < -0.4 is 4.74 Å². The van der Waals surface area contributed by atoms with Gasteiger partial charge >= 0.3 is 0 Å². The van der Waals surface area contributed by atoms with E-state index in [1.54, 1.807) is 0 Å². The van der Waals surface area contributed by atoms with Crippen LogP contribution in [0, 0.1) is 6.92 Å². The van der Waals surface area contributed by atoms with Crippen molar-refractivity contribution < 1.29 is 4.74 Å². The standard InChI is InChI=1S/C34H44N2O/c1-5-25-16-13-17-26(6-2)34(25)31-22-33(37-28-18-9-10-19-28)30(24(3)35-31)23-36(4)32-21-12-8-15-27-14-7-11-20-29(27)32/h7,11,13-14,16-17,20,22,28,32H,5-6,8-10,12,15,18-19,21,23H2,1-4H3. The van der Waals surface area contributed by atoms with Gasteiger partial charge in [0.2, 0.25) is 0 Å². The summed E-state index contributed by atoms with van der Waals surface area (Å²) in [5.41, 5.74) is 10.5. The van der Waals surface area contributed by atoms with E-state index in [2.05, 4.69) is 81.2 Å². The number of pyridine rings is 1. The summed E-state index contributed by atoms with van der Waals surface area (Å²) in [6.45, 7) is 7.54. The second-order valence-corrected chi connectivity index (χ2v) is 11.1. The SMILES string of the molecule is CCc1cccc(CC)c1-c1cc(OC2CCCC2)c(CN(C)C2CCCCc3ccccc32)c(C)n1. The van der Waals surface area contributed by atoms with Crippen LogP contribution in [0.25, 0.3) is 11.3 Å². The number of aromatic nitrogens is 1. The number of rotatable bonds is 8. The minimum Gasteiger partial charge on any atom is -0.490 e. The van der Waals surface area contributed by atoms with Gasteiger partial charge in [0, 0.05) is 35.5 Å². The van der Waals surface area contributed by atoms with Crippen molar-refractivity contribution in [3.8, 4) is 17.0 Å². The van der Waals surface area contributed by atoms with E-state index in [0.717, 1.165) is 49.4 Å². The molecular weight excluding hydrogens is 452 g/mol. The molecule has 3 heteroatoms. The first-order valence-electron chi connectivity index (χ1n) is 14.6. The number of fused-ring (bicyclic) bond motifs is 1. The van der Waals surface area contributed by atoms with Gasteiger partial charge in [-0.05, 0) is 94.0 Å². The van der Waals surface area contributed by atoms with Crippen LogP contribution in [0.2, 0.25) is 0 Å². The summed E-state index contributed by atoms with van der Waals surface area (Å²) >= 11 is 0. The van der Waals surface area contributed by atoms with Gasteiger partial charge in [0.15, 0.2) is 0 Å². The van der Waals surface area contributed by atoms with E-state index in [-0.39, 0.29) is 0 Å². The second-order valence-electron chi connectivity index (χ2n) is 11.1. The fourth-order valence-electron chi connectivity index (χ4n) is 6.57. The highest BCUT2D eigenvalue weighted by molar-refractivity contribution is 5.70. The van der Waals surface area contributed by atoms with Crippen molar-refractivity contribution in [2.45, 2.75) is 104 Å². The van der Waals surface area contributed by atoms with Crippen LogP contribution in [0.15, 0.2) is 48.5 Å². The van der Waals surface area contributed by atoms with Crippen molar-refractivity contribution in [1.82, 2.24) is 9.88 Å². The summed E-state index contributed by atoms with van der Waals surface area (Å²) in [7, 11) is 2.29. The lowest BCUT2D eigenvalue weighted by Crippen LogP contribution is -2.26. The van der Waals surface area contributed by atoms with Gasteiger partial charge in [-0.3, -0.25) is 9.88 Å². The summed E-state index contributed by atoms with van der Waals surface area (Å²) in [6.07, 6.45) is 12.2. The normalized spacial score (nSPS) is 18.1. The van der Waals surface area contributed by atoms with E-state index >= 15 is 0 Å². The van der Waals surface area contributed by atoms with Crippen molar-refractivity contribution in [2.24, 2.45) is 0 Å². The number of benzene rings is 2. The van der Waals surface area contributed by atoms with Crippen LogP contribution in [0.4, 0.5) is 0 Å². The molecule has 3 nitrogen and oxygen atoms in total. The summed E-state index contributed by atoms with van der Waals surface area (Å²) in [6, 6.07) is 18.5. The molecule has 2 aliphatic rings. The molecule has 0 saturated heterocycles. The minimum atomic E-state index is 0.323. The lowest BCUT2D eigenvalue weighted by Gasteiger charge is -2.30. The third kappa shape index (κ3) is 5.62.